The maximum absolute atomic E-state index is 9.37. The standard InChI is InChI=1S/C16H27N3O/c1-12-5-6-13(7-17-12)14-8-19(4)9-15(14)18-10-16(2,3)11-20/h5-7,14-15,18,20H,8-11H2,1-4H3/t14-,15+/m1/s1. The molecule has 0 aliphatic carbocycles. The number of aliphatic hydroxyl groups is 1. The zero-order valence-electron chi connectivity index (χ0n) is 13.1. The maximum atomic E-state index is 9.37. The summed E-state index contributed by atoms with van der Waals surface area (Å²) >= 11 is 0. The van der Waals surface area contributed by atoms with Gasteiger partial charge in [-0.05, 0) is 25.6 Å². The number of nitrogens with one attached hydrogen (secondary N) is 1. The van der Waals surface area contributed by atoms with E-state index in [9.17, 15) is 5.11 Å². The number of aliphatic hydroxyl groups excluding tert-OH is 1. The second-order valence-corrected chi connectivity index (χ2v) is 6.87. The van der Waals surface area contributed by atoms with E-state index in [4.69, 9.17) is 0 Å². The number of hydrogen-bond acceptors (Lipinski definition) is 4. The zero-order valence-corrected chi connectivity index (χ0v) is 13.1. The molecule has 1 aliphatic heterocycles. The maximum Gasteiger partial charge on any atom is 0.0494 e. The molecule has 2 heterocycles. The zero-order chi connectivity index (χ0) is 14.8. The fraction of sp³-hybridized carbons (Fsp3) is 0.688. The second-order valence-electron chi connectivity index (χ2n) is 6.87. The number of nitrogens with zero attached hydrogens (tertiary/aromatic N) is 2. The molecule has 0 amide bonds. The summed E-state index contributed by atoms with van der Waals surface area (Å²) in [5, 5.41) is 13.0. The van der Waals surface area contributed by atoms with Crippen molar-refractivity contribution in [2.45, 2.75) is 32.7 Å². The number of likely N-dealkylation sites (N-methyl/N-ethyl adjacent to an activating group) is 1. The summed E-state index contributed by atoms with van der Waals surface area (Å²) in [6, 6.07) is 4.70. The number of aryl methyl sites for hydroxylation is 1. The molecule has 0 spiro atoms. The van der Waals surface area contributed by atoms with E-state index < -0.39 is 0 Å². The van der Waals surface area contributed by atoms with Crippen LogP contribution in [-0.2, 0) is 0 Å². The molecule has 4 nitrogen and oxygen atoms in total. The molecule has 20 heavy (non-hydrogen) atoms. The van der Waals surface area contributed by atoms with E-state index in [2.05, 4.69) is 48.2 Å². The van der Waals surface area contributed by atoms with Gasteiger partial charge in [-0.1, -0.05) is 19.9 Å². The van der Waals surface area contributed by atoms with Crippen molar-refractivity contribution in [1.82, 2.24) is 15.2 Å². The molecule has 0 radical (unpaired) electrons. The molecule has 2 N–H and O–H groups in total. The number of pyridine rings is 1. The van der Waals surface area contributed by atoms with Gasteiger partial charge in [-0.25, -0.2) is 0 Å². The van der Waals surface area contributed by atoms with E-state index in [0.717, 1.165) is 25.3 Å². The topological polar surface area (TPSA) is 48.4 Å². The summed E-state index contributed by atoms with van der Waals surface area (Å²) < 4.78 is 0. The molecule has 112 valence electrons. The van der Waals surface area contributed by atoms with E-state index in [-0.39, 0.29) is 12.0 Å². The Morgan fingerprint density at radius 3 is 2.75 bits per heavy atom. The van der Waals surface area contributed by atoms with Gasteiger partial charge in [-0.3, -0.25) is 4.98 Å². The van der Waals surface area contributed by atoms with E-state index in [1.54, 1.807) is 0 Å². The summed E-state index contributed by atoms with van der Waals surface area (Å²) in [4.78, 5) is 6.78. The Morgan fingerprint density at radius 1 is 1.40 bits per heavy atom. The lowest BCUT2D eigenvalue weighted by Gasteiger charge is -2.27. The minimum Gasteiger partial charge on any atom is -0.396 e. The Balaban J connectivity index is 2.05. The van der Waals surface area contributed by atoms with Crippen LogP contribution < -0.4 is 5.32 Å². The van der Waals surface area contributed by atoms with Gasteiger partial charge >= 0.3 is 0 Å². The molecular weight excluding hydrogens is 250 g/mol. The molecule has 1 aromatic rings. The minimum atomic E-state index is -0.0722. The van der Waals surface area contributed by atoms with Crippen LogP contribution in [0.15, 0.2) is 18.3 Å². The number of likely N-dealkylation sites (tertiary alicyclic amines) is 1. The lowest BCUT2D eigenvalue weighted by atomic mass is 9.91. The van der Waals surface area contributed by atoms with Crippen molar-refractivity contribution >= 4 is 0 Å². The van der Waals surface area contributed by atoms with Gasteiger partial charge in [0.1, 0.15) is 0 Å². The van der Waals surface area contributed by atoms with E-state index >= 15 is 0 Å². The minimum absolute atomic E-state index is 0.0722. The summed E-state index contributed by atoms with van der Waals surface area (Å²) in [5.41, 5.74) is 2.29. The van der Waals surface area contributed by atoms with Gasteiger partial charge in [-0.15, -0.1) is 0 Å². The SMILES string of the molecule is Cc1ccc([C@H]2CN(C)C[C@@H]2NCC(C)(C)CO)cn1. The van der Waals surface area contributed by atoms with E-state index in [1.165, 1.54) is 5.56 Å². The summed E-state index contributed by atoms with van der Waals surface area (Å²) in [6.07, 6.45) is 2.00. The molecule has 1 saturated heterocycles. The van der Waals surface area contributed by atoms with Crippen LogP contribution in [0.25, 0.3) is 0 Å². The third-order valence-electron chi connectivity index (χ3n) is 4.14. The van der Waals surface area contributed by atoms with Crippen molar-refractivity contribution in [2.24, 2.45) is 5.41 Å². The highest BCUT2D eigenvalue weighted by Crippen LogP contribution is 2.27. The van der Waals surface area contributed by atoms with Crippen LogP contribution in [0, 0.1) is 12.3 Å². The first-order chi connectivity index (χ1) is 9.41. The summed E-state index contributed by atoms with van der Waals surface area (Å²) in [5.74, 6) is 0.475. The summed E-state index contributed by atoms with van der Waals surface area (Å²) in [6.45, 7) is 9.32. The van der Waals surface area contributed by atoms with Gasteiger partial charge in [0.2, 0.25) is 0 Å². The first-order valence-electron chi connectivity index (χ1n) is 7.36. The van der Waals surface area contributed by atoms with Crippen LogP contribution >= 0.6 is 0 Å². The molecule has 4 heteroatoms. The van der Waals surface area contributed by atoms with Crippen LogP contribution in [0.3, 0.4) is 0 Å². The van der Waals surface area contributed by atoms with Gasteiger partial charge in [0, 0.05) is 55.5 Å². The third-order valence-corrected chi connectivity index (χ3v) is 4.14. The average molecular weight is 277 g/mol. The monoisotopic (exact) mass is 277 g/mol. The van der Waals surface area contributed by atoms with Crippen LogP contribution in [0.2, 0.25) is 0 Å². The molecule has 0 aromatic carbocycles. The van der Waals surface area contributed by atoms with Crippen LogP contribution in [0.1, 0.15) is 31.0 Å². The van der Waals surface area contributed by atoms with Gasteiger partial charge in [0.25, 0.3) is 0 Å². The van der Waals surface area contributed by atoms with Crippen molar-refractivity contribution in [3.63, 3.8) is 0 Å². The molecule has 1 aromatic heterocycles. The number of hydrogen-bond donors (Lipinski definition) is 2. The Bertz CT molecular complexity index is 430. The molecule has 2 rings (SSSR count). The molecular formula is C16H27N3O. The van der Waals surface area contributed by atoms with Gasteiger partial charge in [0.05, 0.1) is 0 Å². The smallest absolute Gasteiger partial charge is 0.0494 e. The van der Waals surface area contributed by atoms with E-state index in [1.807, 2.05) is 13.1 Å². The van der Waals surface area contributed by atoms with Crippen molar-refractivity contribution in [3.8, 4) is 0 Å². The van der Waals surface area contributed by atoms with Gasteiger partial charge in [0.15, 0.2) is 0 Å². The quantitative estimate of drug-likeness (QED) is 0.854. The molecule has 0 bridgehead atoms. The summed E-state index contributed by atoms with van der Waals surface area (Å²) in [7, 11) is 2.16. The first kappa shape index (κ1) is 15.4. The van der Waals surface area contributed by atoms with Crippen molar-refractivity contribution in [2.75, 3.05) is 33.3 Å². The predicted molar refractivity (Wildman–Crippen MR) is 81.9 cm³/mol. The Morgan fingerprint density at radius 2 is 2.15 bits per heavy atom. The van der Waals surface area contributed by atoms with Crippen LogP contribution in [0.4, 0.5) is 0 Å². The lowest BCUT2D eigenvalue weighted by molar-refractivity contribution is 0.152. The van der Waals surface area contributed by atoms with Crippen molar-refractivity contribution < 1.29 is 5.11 Å². The Hall–Kier alpha value is -0.970. The fourth-order valence-corrected chi connectivity index (χ4v) is 2.71. The van der Waals surface area contributed by atoms with Crippen molar-refractivity contribution in [1.29, 1.82) is 0 Å². The largest absolute Gasteiger partial charge is 0.396 e. The molecule has 0 saturated carbocycles. The van der Waals surface area contributed by atoms with Crippen LogP contribution in [-0.4, -0.2) is 54.3 Å². The Labute approximate surface area is 122 Å². The van der Waals surface area contributed by atoms with Gasteiger partial charge < -0.3 is 15.3 Å². The molecule has 2 atom stereocenters. The fourth-order valence-electron chi connectivity index (χ4n) is 2.71. The molecule has 0 unspecified atom stereocenters. The van der Waals surface area contributed by atoms with Crippen LogP contribution in [0.5, 0.6) is 0 Å². The molecule has 1 aliphatic rings. The van der Waals surface area contributed by atoms with Crippen molar-refractivity contribution in [3.05, 3.63) is 29.6 Å². The second kappa shape index (κ2) is 6.20. The molecule has 1 fully saturated rings. The number of aromatic nitrogens is 1. The average Bonchev–Trinajstić information content (AvgIpc) is 2.79. The normalized spacial score (nSPS) is 24.2. The highest BCUT2D eigenvalue weighted by atomic mass is 16.3. The highest BCUT2D eigenvalue weighted by molar-refractivity contribution is 5.22. The van der Waals surface area contributed by atoms with Gasteiger partial charge in [-0.2, -0.15) is 0 Å². The highest BCUT2D eigenvalue weighted by Gasteiger charge is 2.33. The lowest BCUT2D eigenvalue weighted by Crippen LogP contribution is -2.42. The first-order valence-corrected chi connectivity index (χ1v) is 7.36. The number of rotatable bonds is 5. The Kier molecular flexibility index (Phi) is 4.78. The third kappa shape index (κ3) is 3.78. The van der Waals surface area contributed by atoms with E-state index in [0.29, 0.717) is 12.0 Å². The predicted octanol–water partition coefficient (Wildman–Crippen LogP) is 1.40.